The SMILES string of the molecule is O=C(Nc1cc(N2CCOCC2)ccc1Cl)c1ccccc1F. The third-order valence-electron chi connectivity index (χ3n) is 3.69. The fourth-order valence-electron chi connectivity index (χ4n) is 2.46. The van der Waals surface area contributed by atoms with Crippen LogP contribution in [0.3, 0.4) is 0 Å². The third kappa shape index (κ3) is 3.63. The molecule has 2 aromatic carbocycles. The van der Waals surface area contributed by atoms with E-state index >= 15 is 0 Å². The highest BCUT2D eigenvalue weighted by molar-refractivity contribution is 6.34. The molecule has 1 aliphatic rings. The highest BCUT2D eigenvalue weighted by Gasteiger charge is 2.16. The summed E-state index contributed by atoms with van der Waals surface area (Å²) in [5, 5.41) is 3.09. The summed E-state index contributed by atoms with van der Waals surface area (Å²) in [5.74, 6) is -1.09. The Bertz CT molecular complexity index is 717. The molecule has 4 nitrogen and oxygen atoms in total. The highest BCUT2D eigenvalue weighted by Crippen LogP contribution is 2.28. The van der Waals surface area contributed by atoms with E-state index < -0.39 is 11.7 Å². The zero-order chi connectivity index (χ0) is 16.2. The molecule has 23 heavy (non-hydrogen) atoms. The summed E-state index contributed by atoms with van der Waals surface area (Å²) in [6, 6.07) is 11.3. The van der Waals surface area contributed by atoms with Crippen molar-refractivity contribution in [2.75, 3.05) is 36.5 Å². The number of rotatable bonds is 3. The lowest BCUT2D eigenvalue weighted by Crippen LogP contribution is -2.36. The second-order valence-corrected chi connectivity index (χ2v) is 5.60. The summed E-state index contributed by atoms with van der Waals surface area (Å²) >= 11 is 6.15. The Morgan fingerprint density at radius 1 is 1.17 bits per heavy atom. The Hall–Kier alpha value is -2.11. The lowest BCUT2D eigenvalue weighted by atomic mass is 10.2. The van der Waals surface area contributed by atoms with Crippen LogP contribution in [0, 0.1) is 5.82 Å². The first-order valence-corrected chi connectivity index (χ1v) is 7.71. The summed E-state index contributed by atoms with van der Waals surface area (Å²) in [6.07, 6.45) is 0. The van der Waals surface area contributed by atoms with Gasteiger partial charge >= 0.3 is 0 Å². The van der Waals surface area contributed by atoms with Gasteiger partial charge in [-0.25, -0.2) is 4.39 Å². The molecule has 1 fully saturated rings. The van der Waals surface area contributed by atoms with Gasteiger partial charge in [-0.05, 0) is 30.3 Å². The average molecular weight is 335 g/mol. The zero-order valence-corrected chi connectivity index (χ0v) is 13.1. The molecule has 1 aliphatic heterocycles. The van der Waals surface area contributed by atoms with Gasteiger partial charge in [0.2, 0.25) is 0 Å². The van der Waals surface area contributed by atoms with E-state index in [9.17, 15) is 9.18 Å². The van der Waals surface area contributed by atoms with Gasteiger partial charge in [0.1, 0.15) is 5.82 Å². The molecule has 0 unspecified atom stereocenters. The Balaban J connectivity index is 1.82. The van der Waals surface area contributed by atoms with Crippen LogP contribution in [0.4, 0.5) is 15.8 Å². The van der Waals surface area contributed by atoms with Gasteiger partial charge in [0.15, 0.2) is 0 Å². The molecule has 120 valence electrons. The van der Waals surface area contributed by atoms with Gasteiger partial charge in [-0.15, -0.1) is 0 Å². The van der Waals surface area contributed by atoms with E-state index in [2.05, 4.69) is 10.2 Å². The number of hydrogen-bond donors (Lipinski definition) is 1. The number of ether oxygens (including phenoxy) is 1. The van der Waals surface area contributed by atoms with E-state index in [4.69, 9.17) is 16.3 Å². The highest BCUT2D eigenvalue weighted by atomic mass is 35.5. The first-order valence-electron chi connectivity index (χ1n) is 7.33. The number of anilines is 2. The van der Waals surface area contributed by atoms with Crippen molar-refractivity contribution >= 4 is 28.9 Å². The van der Waals surface area contributed by atoms with Gasteiger partial charge in [-0.1, -0.05) is 23.7 Å². The molecular weight excluding hydrogens is 319 g/mol. The van der Waals surface area contributed by atoms with Crippen LogP contribution in [0.2, 0.25) is 5.02 Å². The van der Waals surface area contributed by atoms with Crippen molar-refractivity contribution in [2.45, 2.75) is 0 Å². The normalized spacial score (nSPS) is 14.6. The van der Waals surface area contributed by atoms with Crippen LogP contribution in [0.15, 0.2) is 42.5 Å². The first-order chi connectivity index (χ1) is 11.1. The molecule has 0 saturated carbocycles. The zero-order valence-electron chi connectivity index (χ0n) is 12.4. The molecule has 0 atom stereocenters. The van der Waals surface area contributed by atoms with E-state index in [-0.39, 0.29) is 5.56 Å². The van der Waals surface area contributed by atoms with Gasteiger partial charge in [0.25, 0.3) is 5.91 Å². The minimum Gasteiger partial charge on any atom is -0.378 e. The molecule has 1 amide bonds. The Labute approximate surface area is 138 Å². The number of hydrogen-bond acceptors (Lipinski definition) is 3. The predicted octanol–water partition coefficient (Wildman–Crippen LogP) is 3.57. The minimum absolute atomic E-state index is 0.0136. The van der Waals surface area contributed by atoms with Crippen LogP contribution in [0.5, 0.6) is 0 Å². The molecule has 6 heteroatoms. The van der Waals surface area contributed by atoms with E-state index in [1.807, 2.05) is 6.07 Å². The topological polar surface area (TPSA) is 41.6 Å². The maximum atomic E-state index is 13.7. The summed E-state index contributed by atoms with van der Waals surface area (Å²) in [4.78, 5) is 14.4. The van der Waals surface area contributed by atoms with Gasteiger partial charge in [0, 0.05) is 18.8 Å². The fourth-order valence-corrected chi connectivity index (χ4v) is 2.63. The van der Waals surface area contributed by atoms with E-state index in [0.717, 1.165) is 18.8 Å². The number of nitrogens with one attached hydrogen (secondary N) is 1. The molecule has 1 heterocycles. The van der Waals surface area contributed by atoms with Crippen molar-refractivity contribution in [3.63, 3.8) is 0 Å². The van der Waals surface area contributed by atoms with Crippen LogP contribution in [0.25, 0.3) is 0 Å². The molecule has 0 aliphatic carbocycles. The Morgan fingerprint density at radius 3 is 2.65 bits per heavy atom. The maximum Gasteiger partial charge on any atom is 0.258 e. The monoisotopic (exact) mass is 334 g/mol. The average Bonchev–Trinajstić information content (AvgIpc) is 2.58. The van der Waals surface area contributed by atoms with Crippen LogP contribution in [-0.2, 0) is 4.74 Å². The van der Waals surface area contributed by atoms with Crippen LogP contribution in [0.1, 0.15) is 10.4 Å². The van der Waals surface area contributed by atoms with Crippen molar-refractivity contribution in [2.24, 2.45) is 0 Å². The minimum atomic E-state index is -0.564. The molecule has 1 saturated heterocycles. The second-order valence-electron chi connectivity index (χ2n) is 5.20. The van der Waals surface area contributed by atoms with Gasteiger partial charge in [0.05, 0.1) is 29.5 Å². The number of benzene rings is 2. The number of nitrogens with zero attached hydrogens (tertiary/aromatic N) is 1. The molecular formula is C17H16ClFN2O2. The van der Waals surface area contributed by atoms with Crippen LogP contribution >= 0.6 is 11.6 Å². The van der Waals surface area contributed by atoms with Gasteiger partial charge < -0.3 is 15.0 Å². The quantitative estimate of drug-likeness (QED) is 0.933. The first kappa shape index (κ1) is 15.8. The molecule has 0 radical (unpaired) electrons. The molecule has 0 bridgehead atoms. The smallest absolute Gasteiger partial charge is 0.258 e. The van der Waals surface area contributed by atoms with E-state index in [0.29, 0.717) is 23.9 Å². The standard InChI is InChI=1S/C17H16ClFN2O2/c18-14-6-5-12(21-7-9-23-10-8-21)11-16(14)20-17(22)13-3-1-2-4-15(13)19/h1-6,11H,7-10H2,(H,20,22). The van der Waals surface area contributed by atoms with Crippen molar-refractivity contribution in [1.29, 1.82) is 0 Å². The largest absolute Gasteiger partial charge is 0.378 e. The summed E-state index contributed by atoms with van der Waals surface area (Å²) < 4.78 is 19.0. The molecule has 3 rings (SSSR count). The lowest BCUT2D eigenvalue weighted by Gasteiger charge is -2.29. The molecule has 2 aromatic rings. The predicted molar refractivity (Wildman–Crippen MR) is 88.8 cm³/mol. The van der Waals surface area contributed by atoms with Crippen LogP contribution < -0.4 is 10.2 Å². The van der Waals surface area contributed by atoms with E-state index in [1.54, 1.807) is 18.2 Å². The Morgan fingerprint density at radius 2 is 1.91 bits per heavy atom. The Kier molecular flexibility index (Phi) is 4.79. The number of carbonyl (C=O) groups is 1. The number of amides is 1. The molecule has 1 N–H and O–H groups in total. The second kappa shape index (κ2) is 6.98. The summed E-state index contributed by atoms with van der Waals surface area (Å²) in [6.45, 7) is 2.89. The van der Waals surface area contributed by atoms with Gasteiger partial charge in [-0.3, -0.25) is 4.79 Å². The van der Waals surface area contributed by atoms with Crippen molar-refractivity contribution in [3.8, 4) is 0 Å². The van der Waals surface area contributed by atoms with Crippen molar-refractivity contribution in [3.05, 3.63) is 58.9 Å². The molecule has 0 aromatic heterocycles. The third-order valence-corrected chi connectivity index (χ3v) is 4.02. The maximum absolute atomic E-state index is 13.7. The summed E-state index contributed by atoms with van der Waals surface area (Å²) in [5.41, 5.74) is 1.39. The number of carbonyl (C=O) groups excluding carboxylic acids is 1. The fraction of sp³-hybridized carbons (Fsp3) is 0.235. The number of halogens is 2. The van der Waals surface area contributed by atoms with Crippen molar-refractivity contribution < 1.29 is 13.9 Å². The van der Waals surface area contributed by atoms with Crippen molar-refractivity contribution in [1.82, 2.24) is 0 Å². The number of morpholine rings is 1. The van der Waals surface area contributed by atoms with Crippen LogP contribution in [-0.4, -0.2) is 32.2 Å². The summed E-state index contributed by atoms with van der Waals surface area (Å²) in [7, 11) is 0. The van der Waals surface area contributed by atoms with E-state index in [1.165, 1.54) is 18.2 Å². The lowest BCUT2D eigenvalue weighted by molar-refractivity contribution is 0.102. The molecule has 0 spiro atoms. The van der Waals surface area contributed by atoms with Gasteiger partial charge in [-0.2, -0.15) is 0 Å².